The number of nitrogens with zero attached hydrogens (tertiary/aromatic N) is 2. The van der Waals surface area contributed by atoms with Gasteiger partial charge in [-0.05, 0) is 26.3 Å². The van der Waals surface area contributed by atoms with Gasteiger partial charge in [0.1, 0.15) is 0 Å². The van der Waals surface area contributed by atoms with E-state index in [1.54, 1.807) is 6.92 Å². The number of piperidine rings is 1. The van der Waals surface area contributed by atoms with Crippen LogP contribution in [-0.2, 0) is 0 Å². The molecule has 0 bridgehead atoms. The molecule has 0 spiro atoms. The Bertz CT molecular complexity index is 463. The summed E-state index contributed by atoms with van der Waals surface area (Å²) in [6, 6.07) is 0.219. The Morgan fingerprint density at radius 2 is 2.40 bits per heavy atom. The molecule has 2 heterocycles. The summed E-state index contributed by atoms with van der Waals surface area (Å²) >= 11 is 5.98. The lowest BCUT2D eigenvalue weighted by atomic mass is 10.0. The van der Waals surface area contributed by atoms with Gasteiger partial charge in [-0.3, -0.25) is 14.8 Å². The highest BCUT2D eigenvalue weighted by molar-refractivity contribution is 6.34. The van der Waals surface area contributed by atoms with E-state index in [4.69, 9.17) is 11.6 Å². The van der Waals surface area contributed by atoms with Crippen LogP contribution in [0.15, 0.2) is 0 Å². The first-order chi connectivity index (χ1) is 9.63. The number of carbonyl (C=O) groups is 1. The lowest BCUT2D eigenvalue weighted by Gasteiger charge is -2.34. The van der Waals surface area contributed by atoms with Crippen LogP contribution in [0.1, 0.15) is 35.4 Å². The number of hydrogen-bond donors (Lipinski definition) is 3. The fourth-order valence-corrected chi connectivity index (χ4v) is 2.69. The molecular formula is C13H21ClN4O2. The number of carbonyl (C=O) groups excluding carboxylic acids is 1. The summed E-state index contributed by atoms with van der Waals surface area (Å²) in [6.07, 6.45) is 3.33. The number of hydrogen-bond acceptors (Lipinski definition) is 4. The monoisotopic (exact) mass is 300 g/mol. The molecule has 7 heteroatoms. The zero-order valence-corrected chi connectivity index (χ0v) is 12.4. The van der Waals surface area contributed by atoms with E-state index in [2.05, 4.69) is 20.4 Å². The van der Waals surface area contributed by atoms with Crippen molar-refractivity contribution in [1.82, 2.24) is 20.4 Å². The van der Waals surface area contributed by atoms with Crippen LogP contribution in [-0.4, -0.2) is 58.4 Å². The number of amides is 1. The quantitative estimate of drug-likeness (QED) is 0.756. The number of nitrogens with one attached hydrogen (secondary N) is 2. The Balaban J connectivity index is 1.80. The average molecular weight is 301 g/mol. The third-order valence-corrected chi connectivity index (χ3v) is 4.19. The second kappa shape index (κ2) is 7.06. The molecule has 1 aromatic rings. The van der Waals surface area contributed by atoms with E-state index >= 15 is 0 Å². The summed E-state index contributed by atoms with van der Waals surface area (Å²) in [5, 5.41) is 19.1. The maximum Gasteiger partial charge on any atom is 0.273 e. The minimum atomic E-state index is -0.267. The van der Waals surface area contributed by atoms with Crippen LogP contribution >= 0.6 is 11.6 Å². The number of rotatable bonds is 5. The number of aryl methyl sites for hydroxylation is 1. The van der Waals surface area contributed by atoms with Crippen LogP contribution in [0.3, 0.4) is 0 Å². The van der Waals surface area contributed by atoms with Crippen LogP contribution < -0.4 is 5.32 Å². The number of aliphatic hydroxyl groups excluding tert-OH is 1. The van der Waals surface area contributed by atoms with Crippen molar-refractivity contribution in [2.45, 2.75) is 32.2 Å². The zero-order chi connectivity index (χ0) is 14.5. The number of aromatic amines is 1. The molecule has 0 radical (unpaired) electrons. The third-order valence-electron chi connectivity index (χ3n) is 3.73. The molecule has 112 valence electrons. The van der Waals surface area contributed by atoms with Gasteiger partial charge in [0.15, 0.2) is 5.69 Å². The zero-order valence-electron chi connectivity index (χ0n) is 11.7. The van der Waals surface area contributed by atoms with Crippen molar-refractivity contribution in [2.75, 3.05) is 26.2 Å². The standard InChI is InChI=1S/C13H21ClN4O2/c1-9-11(14)12(17-16-9)13(20)15-5-7-18-6-3-2-4-10(18)8-19/h10,19H,2-8H2,1H3,(H,15,20)(H,16,17). The van der Waals surface area contributed by atoms with Crippen LogP contribution in [0.2, 0.25) is 5.02 Å². The van der Waals surface area contributed by atoms with E-state index in [0.29, 0.717) is 17.3 Å². The lowest BCUT2D eigenvalue weighted by molar-refractivity contribution is 0.0847. The van der Waals surface area contributed by atoms with Crippen LogP contribution in [0.4, 0.5) is 0 Å². The summed E-state index contributed by atoms with van der Waals surface area (Å²) in [5.74, 6) is -0.267. The van der Waals surface area contributed by atoms with Crippen molar-refractivity contribution < 1.29 is 9.90 Å². The highest BCUT2D eigenvalue weighted by Crippen LogP contribution is 2.17. The first-order valence-electron chi connectivity index (χ1n) is 6.97. The summed E-state index contributed by atoms with van der Waals surface area (Å²) in [6.45, 7) is 4.18. The van der Waals surface area contributed by atoms with Crippen molar-refractivity contribution in [3.05, 3.63) is 16.4 Å². The molecule has 1 aliphatic rings. The van der Waals surface area contributed by atoms with Crippen LogP contribution in [0.25, 0.3) is 0 Å². The summed E-state index contributed by atoms with van der Waals surface area (Å²) < 4.78 is 0. The second-order valence-electron chi connectivity index (χ2n) is 5.14. The minimum Gasteiger partial charge on any atom is -0.395 e. The molecule has 2 rings (SSSR count). The largest absolute Gasteiger partial charge is 0.395 e. The molecule has 1 unspecified atom stereocenters. The van der Waals surface area contributed by atoms with E-state index in [1.165, 1.54) is 0 Å². The molecule has 0 saturated carbocycles. The van der Waals surface area contributed by atoms with Crippen molar-refractivity contribution >= 4 is 17.5 Å². The van der Waals surface area contributed by atoms with Gasteiger partial charge >= 0.3 is 0 Å². The fraction of sp³-hybridized carbons (Fsp3) is 0.692. The Hall–Kier alpha value is -1.11. The van der Waals surface area contributed by atoms with Gasteiger partial charge < -0.3 is 10.4 Å². The van der Waals surface area contributed by atoms with E-state index in [1.807, 2.05) is 0 Å². The average Bonchev–Trinajstić information content (AvgIpc) is 2.79. The van der Waals surface area contributed by atoms with E-state index < -0.39 is 0 Å². The highest BCUT2D eigenvalue weighted by Gasteiger charge is 2.21. The van der Waals surface area contributed by atoms with Gasteiger partial charge in [0.2, 0.25) is 0 Å². The van der Waals surface area contributed by atoms with Crippen molar-refractivity contribution in [1.29, 1.82) is 0 Å². The van der Waals surface area contributed by atoms with E-state index in [9.17, 15) is 9.90 Å². The molecule has 1 amide bonds. The minimum absolute atomic E-state index is 0.179. The van der Waals surface area contributed by atoms with Crippen molar-refractivity contribution in [3.8, 4) is 0 Å². The lowest BCUT2D eigenvalue weighted by Crippen LogP contribution is -2.45. The predicted octanol–water partition coefficient (Wildman–Crippen LogP) is 0.948. The molecule has 1 aliphatic heterocycles. The predicted molar refractivity (Wildman–Crippen MR) is 77.0 cm³/mol. The summed E-state index contributed by atoms with van der Waals surface area (Å²) in [7, 11) is 0. The van der Waals surface area contributed by atoms with Crippen LogP contribution in [0.5, 0.6) is 0 Å². The number of H-pyrrole nitrogens is 1. The normalized spacial score (nSPS) is 20.1. The van der Waals surface area contributed by atoms with Gasteiger partial charge in [0, 0.05) is 19.1 Å². The molecular weight excluding hydrogens is 280 g/mol. The topological polar surface area (TPSA) is 81.2 Å². The van der Waals surface area contributed by atoms with E-state index in [-0.39, 0.29) is 24.2 Å². The summed E-state index contributed by atoms with van der Waals surface area (Å²) in [4.78, 5) is 14.1. The molecule has 0 aromatic carbocycles. The SMILES string of the molecule is Cc1[nH]nc(C(=O)NCCN2CCCCC2CO)c1Cl. The number of halogens is 1. The number of aromatic nitrogens is 2. The smallest absolute Gasteiger partial charge is 0.273 e. The number of aliphatic hydroxyl groups is 1. The Kier molecular flexibility index (Phi) is 5.39. The molecule has 1 fully saturated rings. The molecule has 1 atom stereocenters. The Morgan fingerprint density at radius 1 is 1.60 bits per heavy atom. The van der Waals surface area contributed by atoms with Crippen LogP contribution in [0, 0.1) is 6.92 Å². The molecule has 1 saturated heterocycles. The number of likely N-dealkylation sites (tertiary alicyclic amines) is 1. The Labute approximate surface area is 123 Å². The summed E-state index contributed by atoms with van der Waals surface area (Å²) in [5.41, 5.74) is 0.926. The first-order valence-corrected chi connectivity index (χ1v) is 7.35. The highest BCUT2D eigenvalue weighted by atomic mass is 35.5. The van der Waals surface area contributed by atoms with Gasteiger partial charge in [0.25, 0.3) is 5.91 Å². The van der Waals surface area contributed by atoms with Crippen molar-refractivity contribution in [2.24, 2.45) is 0 Å². The molecule has 1 aromatic heterocycles. The van der Waals surface area contributed by atoms with E-state index in [0.717, 1.165) is 32.4 Å². The first kappa shape index (κ1) is 15.3. The van der Waals surface area contributed by atoms with Gasteiger partial charge in [-0.1, -0.05) is 18.0 Å². The molecule has 6 nitrogen and oxygen atoms in total. The fourth-order valence-electron chi connectivity index (χ4n) is 2.52. The molecule has 0 aliphatic carbocycles. The van der Waals surface area contributed by atoms with Gasteiger partial charge in [-0.2, -0.15) is 5.10 Å². The molecule has 20 heavy (non-hydrogen) atoms. The van der Waals surface area contributed by atoms with Gasteiger partial charge in [-0.25, -0.2) is 0 Å². The Morgan fingerprint density at radius 3 is 3.05 bits per heavy atom. The van der Waals surface area contributed by atoms with Gasteiger partial charge in [-0.15, -0.1) is 0 Å². The second-order valence-corrected chi connectivity index (χ2v) is 5.51. The maximum absolute atomic E-state index is 11.9. The maximum atomic E-state index is 11.9. The van der Waals surface area contributed by atoms with Gasteiger partial charge in [0.05, 0.1) is 17.3 Å². The third kappa shape index (κ3) is 3.50. The molecule has 3 N–H and O–H groups in total. The van der Waals surface area contributed by atoms with Crippen molar-refractivity contribution in [3.63, 3.8) is 0 Å².